The maximum Gasteiger partial charge on any atom is 0.137 e. The Kier molecular flexibility index (Phi) is 4.42. The first-order chi connectivity index (χ1) is 8.74. The number of hydrogen-bond acceptors (Lipinski definition) is 4. The van der Waals surface area contributed by atoms with Gasteiger partial charge in [0.15, 0.2) is 0 Å². The number of methoxy groups -OCH3 is 1. The number of rotatable bonds is 4. The van der Waals surface area contributed by atoms with Crippen LogP contribution in [-0.2, 0) is 0 Å². The van der Waals surface area contributed by atoms with Gasteiger partial charge in [-0.2, -0.15) is 0 Å². The van der Waals surface area contributed by atoms with Crippen LogP contribution in [0.5, 0.6) is 5.75 Å². The molecule has 2 rings (SSSR count). The number of nitrogens with one attached hydrogen (secondary N) is 1. The third-order valence-corrected chi connectivity index (χ3v) is 3.90. The van der Waals surface area contributed by atoms with Crippen molar-refractivity contribution in [1.29, 1.82) is 0 Å². The van der Waals surface area contributed by atoms with Gasteiger partial charge >= 0.3 is 0 Å². The van der Waals surface area contributed by atoms with Gasteiger partial charge in [0.25, 0.3) is 0 Å². The molecular formula is C14H23N3O. The smallest absolute Gasteiger partial charge is 0.137 e. The summed E-state index contributed by atoms with van der Waals surface area (Å²) < 4.78 is 5.14. The predicted octanol–water partition coefficient (Wildman–Crippen LogP) is 1.91. The Hall–Kier alpha value is -1.29. The Morgan fingerprint density at radius 3 is 2.94 bits per heavy atom. The van der Waals surface area contributed by atoms with Gasteiger partial charge < -0.3 is 15.0 Å². The number of piperidine rings is 1. The highest BCUT2D eigenvalue weighted by Crippen LogP contribution is 2.24. The van der Waals surface area contributed by atoms with Crippen molar-refractivity contribution in [1.82, 2.24) is 10.3 Å². The normalized spacial score (nSPS) is 21.7. The third kappa shape index (κ3) is 2.93. The number of ether oxygens (including phenoxy) is 1. The number of anilines is 1. The summed E-state index contributed by atoms with van der Waals surface area (Å²) >= 11 is 0. The van der Waals surface area contributed by atoms with Crippen LogP contribution >= 0.6 is 0 Å². The van der Waals surface area contributed by atoms with Crippen LogP contribution < -0.4 is 15.0 Å². The molecule has 1 saturated heterocycles. The summed E-state index contributed by atoms with van der Waals surface area (Å²) in [6.45, 7) is 4.45. The van der Waals surface area contributed by atoms with Crippen molar-refractivity contribution in [3.63, 3.8) is 0 Å². The van der Waals surface area contributed by atoms with Gasteiger partial charge in [-0.05, 0) is 44.9 Å². The fourth-order valence-corrected chi connectivity index (χ4v) is 2.54. The molecule has 4 nitrogen and oxygen atoms in total. The van der Waals surface area contributed by atoms with E-state index in [1.54, 1.807) is 13.3 Å². The first-order valence-corrected chi connectivity index (χ1v) is 6.67. The minimum Gasteiger partial charge on any atom is -0.495 e. The maximum absolute atomic E-state index is 5.14. The van der Waals surface area contributed by atoms with Gasteiger partial charge in [0, 0.05) is 19.1 Å². The van der Waals surface area contributed by atoms with E-state index in [0.717, 1.165) is 24.7 Å². The zero-order valence-corrected chi connectivity index (χ0v) is 11.5. The van der Waals surface area contributed by atoms with Gasteiger partial charge in [0.05, 0.1) is 13.3 Å². The number of hydrogen-bond donors (Lipinski definition) is 1. The molecule has 1 aliphatic rings. The molecular weight excluding hydrogens is 226 g/mol. The molecule has 0 amide bonds. The Morgan fingerprint density at radius 2 is 2.33 bits per heavy atom. The molecule has 0 radical (unpaired) electrons. The second-order valence-corrected chi connectivity index (χ2v) is 4.98. The second kappa shape index (κ2) is 6.05. The van der Waals surface area contributed by atoms with Gasteiger partial charge in [0.1, 0.15) is 11.6 Å². The molecule has 0 aromatic carbocycles. The van der Waals surface area contributed by atoms with Crippen LogP contribution in [0.15, 0.2) is 18.3 Å². The van der Waals surface area contributed by atoms with Gasteiger partial charge in [-0.3, -0.25) is 0 Å². The van der Waals surface area contributed by atoms with Crippen molar-refractivity contribution in [3.05, 3.63) is 18.3 Å². The average molecular weight is 249 g/mol. The van der Waals surface area contributed by atoms with Gasteiger partial charge in [-0.1, -0.05) is 0 Å². The molecule has 0 bridgehead atoms. The van der Waals surface area contributed by atoms with E-state index in [1.807, 2.05) is 19.2 Å². The lowest BCUT2D eigenvalue weighted by molar-refractivity contribution is 0.332. The van der Waals surface area contributed by atoms with Crippen molar-refractivity contribution >= 4 is 5.82 Å². The molecule has 0 spiro atoms. The molecule has 1 aromatic rings. The zero-order chi connectivity index (χ0) is 13.0. The van der Waals surface area contributed by atoms with E-state index >= 15 is 0 Å². The number of pyridine rings is 1. The molecule has 100 valence electrons. The highest BCUT2D eigenvalue weighted by molar-refractivity contribution is 5.41. The highest BCUT2D eigenvalue weighted by Gasteiger charge is 2.24. The van der Waals surface area contributed by atoms with E-state index < -0.39 is 0 Å². The van der Waals surface area contributed by atoms with Crippen molar-refractivity contribution in [2.24, 2.45) is 5.92 Å². The SMILES string of the molecule is CNC(C)C1CCCN(c2ccc(OC)cn2)C1. The molecule has 0 saturated carbocycles. The van der Waals surface area contributed by atoms with E-state index in [4.69, 9.17) is 4.74 Å². The summed E-state index contributed by atoms with van der Waals surface area (Å²) in [4.78, 5) is 6.85. The minimum atomic E-state index is 0.561. The Labute approximate surface area is 109 Å². The quantitative estimate of drug-likeness (QED) is 0.884. The van der Waals surface area contributed by atoms with Crippen molar-refractivity contribution in [2.75, 3.05) is 32.1 Å². The lowest BCUT2D eigenvalue weighted by atomic mass is 9.92. The highest BCUT2D eigenvalue weighted by atomic mass is 16.5. The summed E-state index contributed by atoms with van der Waals surface area (Å²) in [6, 6.07) is 4.59. The second-order valence-electron chi connectivity index (χ2n) is 4.98. The molecule has 0 aliphatic carbocycles. The summed E-state index contributed by atoms with van der Waals surface area (Å²) in [5.74, 6) is 2.58. The van der Waals surface area contributed by atoms with E-state index in [1.165, 1.54) is 12.8 Å². The van der Waals surface area contributed by atoms with Crippen LogP contribution in [-0.4, -0.2) is 38.3 Å². The van der Waals surface area contributed by atoms with Crippen LogP contribution in [0.1, 0.15) is 19.8 Å². The van der Waals surface area contributed by atoms with Crippen LogP contribution in [0.3, 0.4) is 0 Å². The molecule has 1 N–H and O–H groups in total. The van der Waals surface area contributed by atoms with E-state index in [9.17, 15) is 0 Å². The minimum absolute atomic E-state index is 0.561. The summed E-state index contributed by atoms with van der Waals surface area (Å²) in [7, 11) is 3.71. The lowest BCUT2D eigenvalue weighted by Gasteiger charge is -2.36. The molecule has 18 heavy (non-hydrogen) atoms. The monoisotopic (exact) mass is 249 g/mol. The standard InChI is InChI=1S/C14H23N3O/c1-11(15-2)12-5-4-8-17(10-12)14-7-6-13(18-3)9-16-14/h6-7,9,11-12,15H,4-5,8,10H2,1-3H3. The zero-order valence-electron chi connectivity index (χ0n) is 11.5. The van der Waals surface area contributed by atoms with Crippen molar-refractivity contribution in [3.8, 4) is 5.75 Å². The number of nitrogens with zero attached hydrogens (tertiary/aromatic N) is 2. The largest absolute Gasteiger partial charge is 0.495 e. The molecule has 1 aliphatic heterocycles. The molecule has 1 aromatic heterocycles. The molecule has 2 unspecified atom stereocenters. The first kappa shape index (κ1) is 13.1. The van der Waals surface area contributed by atoms with E-state index in [0.29, 0.717) is 12.0 Å². The lowest BCUT2D eigenvalue weighted by Crippen LogP contribution is -2.43. The van der Waals surface area contributed by atoms with E-state index in [2.05, 4.69) is 22.1 Å². The van der Waals surface area contributed by atoms with Crippen LogP contribution in [0.25, 0.3) is 0 Å². The third-order valence-electron chi connectivity index (χ3n) is 3.90. The molecule has 4 heteroatoms. The molecule has 2 atom stereocenters. The van der Waals surface area contributed by atoms with Crippen molar-refractivity contribution < 1.29 is 4.74 Å². The molecule has 1 fully saturated rings. The summed E-state index contributed by atoms with van der Waals surface area (Å²) in [6.07, 6.45) is 4.33. The average Bonchev–Trinajstić information content (AvgIpc) is 2.46. The fourth-order valence-electron chi connectivity index (χ4n) is 2.54. The fraction of sp³-hybridized carbons (Fsp3) is 0.643. The van der Waals surface area contributed by atoms with Crippen LogP contribution in [0, 0.1) is 5.92 Å². The predicted molar refractivity (Wildman–Crippen MR) is 74.2 cm³/mol. The van der Waals surface area contributed by atoms with Crippen LogP contribution in [0.2, 0.25) is 0 Å². The van der Waals surface area contributed by atoms with Gasteiger partial charge in [-0.25, -0.2) is 4.98 Å². The Balaban J connectivity index is 2.03. The number of aromatic nitrogens is 1. The molecule has 2 heterocycles. The maximum atomic E-state index is 5.14. The Morgan fingerprint density at radius 1 is 1.50 bits per heavy atom. The summed E-state index contributed by atoms with van der Waals surface area (Å²) in [5, 5.41) is 3.36. The first-order valence-electron chi connectivity index (χ1n) is 6.67. The Bertz CT molecular complexity index is 366. The van der Waals surface area contributed by atoms with Gasteiger partial charge in [0.2, 0.25) is 0 Å². The van der Waals surface area contributed by atoms with Crippen LogP contribution in [0.4, 0.5) is 5.82 Å². The summed E-state index contributed by atoms with van der Waals surface area (Å²) in [5.41, 5.74) is 0. The topological polar surface area (TPSA) is 37.4 Å². The van der Waals surface area contributed by atoms with Gasteiger partial charge in [-0.15, -0.1) is 0 Å². The van der Waals surface area contributed by atoms with E-state index in [-0.39, 0.29) is 0 Å². The van der Waals surface area contributed by atoms with Crippen molar-refractivity contribution in [2.45, 2.75) is 25.8 Å².